The van der Waals surface area contributed by atoms with Gasteiger partial charge in [-0.3, -0.25) is 4.21 Å². The summed E-state index contributed by atoms with van der Waals surface area (Å²) in [5.74, 6) is 1.62. The maximum Gasteiger partial charge on any atom is 0.191 e. The van der Waals surface area contributed by atoms with Crippen molar-refractivity contribution in [1.29, 1.82) is 0 Å². The van der Waals surface area contributed by atoms with Crippen LogP contribution in [0, 0.1) is 0 Å². The van der Waals surface area contributed by atoms with Gasteiger partial charge in [0.05, 0.1) is 6.54 Å². The van der Waals surface area contributed by atoms with Gasteiger partial charge < -0.3 is 15.5 Å². The van der Waals surface area contributed by atoms with Crippen molar-refractivity contribution >= 4 is 22.4 Å². The van der Waals surface area contributed by atoms with E-state index in [0.717, 1.165) is 43.9 Å². The molecule has 1 aromatic rings. The van der Waals surface area contributed by atoms with Crippen LogP contribution in [0.5, 0.6) is 0 Å². The number of rotatable bonds is 7. The molecular formula is C20H34N4OS. The van der Waals surface area contributed by atoms with Crippen molar-refractivity contribution in [1.82, 2.24) is 10.6 Å². The third-order valence-corrected chi connectivity index (χ3v) is 6.58. The summed E-state index contributed by atoms with van der Waals surface area (Å²) < 4.78 is 12.1. The maximum atomic E-state index is 12.1. The van der Waals surface area contributed by atoms with Crippen LogP contribution in [0.25, 0.3) is 0 Å². The van der Waals surface area contributed by atoms with Crippen LogP contribution in [0.3, 0.4) is 0 Å². The molecular weight excluding hydrogens is 344 g/mol. The Labute approximate surface area is 161 Å². The standard InChI is InChI=1S/C20H34N4OS/c1-5-21-20(22-15-16-10-12-18(13-11-16)24(3)4)23-17-8-7-9-19(14-17)26(25)6-2/h10-13,17,19H,5-9,14-15H2,1-4H3,(H2,21,22,23). The van der Waals surface area contributed by atoms with Gasteiger partial charge >= 0.3 is 0 Å². The largest absolute Gasteiger partial charge is 0.378 e. The predicted octanol–water partition coefficient (Wildman–Crippen LogP) is 2.89. The van der Waals surface area contributed by atoms with Crippen LogP contribution in [-0.4, -0.2) is 47.9 Å². The van der Waals surface area contributed by atoms with E-state index in [1.54, 1.807) is 0 Å². The van der Waals surface area contributed by atoms with Gasteiger partial charge in [-0.15, -0.1) is 0 Å². The summed E-state index contributed by atoms with van der Waals surface area (Å²) in [6.45, 7) is 5.58. The fourth-order valence-electron chi connectivity index (χ4n) is 3.33. The van der Waals surface area contributed by atoms with Crippen molar-refractivity contribution in [2.45, 2.75) is 57.4 Å². The van der Waals surface area contributed by atoms with Gasteiger partial charge in [0.15, 0.2) is 5.96 Å². The second-order valence-electron chi connectivity index (χ2n) is 7.06. The molecule has 0 bridgehead atoms. The fourth-order valence-corrected chi connectivity index (χ4v) is 4.68. The fraction of sp³-hybridized carbons (Fsp3) is 0.650. The van der Waals surface area contributed by atoms with Crippen LogP contribution in [0.1, 0.15) is 45.1 Å². The van der Waals surface area contributed by atoms with Gasteiger partial charge in [-0.2, -0.15) is 0 Å². The van der Waals surface area contributed by atoms with E-state index in [0.29, 0.717) is 17.8 Å². The summed E-state index contributed by atoms with van der Waals surface area (Å²) in [6.07, 6.45) is 4.33. The Morgan fingerprint density at radius 3 is 2.58 bits per heavy atom. The lowest BCUT2D eigenvalue weighted by Gasteiger charge is -2.30. The molecule has 0 aliphatic heterocycles. The molecule has 1 saturated carbocycles. The molecule has 0 aromatic heterocycles. The van der Waals surface area contributed by atoms with E-state index in [9.17, 15) is 4.21 Å². The molecule has 0 spiro atoms. The van der Waals surface area contributed by atoms with E-state index < -0.39 is 10.8 Å². The summed E-state index contributed by atoms with van der Waals surface area (Å²) >= 11 is 0. The monoisotopic (exact) mass is 378 g/mol. The van der Waals surface area contributed by atoms with Crippen molar-refractivity contribution < 1.29 is 4.21 Å². The molecule has 5 nitrogen and oxygen atoms in total. The number of hydrogen-bond donors (Lipinski definition) is 2. The van der Waals surface area contributed by atoms with E-state index in [4.69, 9.17) is 4.99 Å². The van der Waals surface area contributed by atoms with Crippen molar-refractivity contribution in [3.8, 4) is 0 Å². The molecule has 26 heavy (non-hydrogen) atoms. The molecule has 3 atom stereocenters. The minimum atomic E-state index is -0.697. The molecule has 2 N–H and O–H groups in total. The Balaban J connectivity index is 1.96. The first-order chi connectivity index (χ1) is 12.5. The van der Waals surface area contributed by atoms with Gasteiger partial charge in [0.25, 0.3) is 0 Å². The maximum absolute atomic E-state index is 12.1. The molecule has 1 aliphatic carbocycles. The summed E-state index contributed by atoms with van der Waals surface area (Å²) in [7, 11) is 3.39. The molecule has 1 fully saturated rings. The van der Waals surface area contributed by atoms with Crippen LogP contribution in [0.15, 0.2) is 29.3 Å². The number of guanidine groups is 1. The van der Waals surface area contributed by atoms with Gasteiger partial charge in [0, 0.05) is 54.2 Å². The van der Waals surface area contributed by atoms with Crippen LogP contribution in [0.4, 0.5) is 5.69 Å². The first-order valence-corrected chi connectivity index (χ1v) is 11.1. The topological polar surface area (TPSA) is 56.7 Å². The molecule has 1 aromatic carbocycles. The number of benzene rings is 1. The second-order valence-corrected chi connectivity index (χ2v) is 9.06. The molecule has 146 valence electrons. The number of hydrogen-bond acceptors (Lipinski definition) is 3. The molecule has 0 heterocycles. The highest BCUT2D eigenvalue weighted by atomic mass is 32.2. The molecule has 3 unspecified atom stereocenters. The van der Waals surface area contributed by atoms with Gasteiger partial charge in [0.1, 0.15) is 0 Å². The van der Waals surface area contributed by atoms with E-state index in [1.807, 2.05) is 21.0 Å². The van der Waals surface area contributed by atoms with Crippen LogP contribution in [-0.2, 0) is 17.3 Å². The second kappa shape index (κ2) is 10.6. The van der Waals surface area contributed by atoms with Gasteiger partial charge in [-0.25, -0.2) is 4.99 Å². The average molecular weight is 379 g/mol. The predicted molar refractivity (Wildman–Crippen MR) is 113 cm³/mol. The van der Waals surface area contributed by atoms with Gasteiger partial charge in [0.2, 0.25) is 0 Å². The van der Waals surface area contributed by atoms with Crippen LogP contribution < -0.4 is 15.5 Å². The first-order valence-electron chi connectivity index (χ1n) is 9.71. The minimum Gasteiger partial charge on any atom is -0.378 e. The van der Waals surface area contributed by atoms with Crippen LogP contribution in [0.2, 0.25) is 0 Å². The summed E-state index contributed by atoms with van der Waals surface area (Å²) in [5.41, 5.74) is 2.39. The zero-order chi connectivity index (χ0) is 18.9. The third-order valence-electron chi connectivity index (χ3n) is 4.84. The Bertz CT molecular complexity index is 600. The van der Waals surface area contributed by atoms with Crippen molar-refractivity contribution in [3.05, 3.63) is 29.8 Å². The number of nitrogens with one attached hydrogen (secondary N) is 2. The molecule has 0 saturated heterocycles. The lowest BCUT2D eigenvalue weighted by Crippen LogP contribution is -2.46. The zero-order valence-electron chi connectivity index (χ0n) is 16.6. The highest BCUT2D eigenvalue weighted by Crippen LogP contribution is 2.23. The van der Waals surface area contributed by atoms with E-state index in [-0.39, 0.29) is 0 Å². The van der Waals surface area contributed by atoms with Gasteiger partial charge in [-0.05, 0) is 43.9 Å². The highest BCUT2D eigenvalue weighted by molar-refractivity contribution is 7.85. The number of nitrogens with zero attached hydrogens (tertiary/aromatic N) is 2. The van der Waals surface area contributed by atoms with Crippen LogP contribution >= 0.6 is 0 Å². The third kappa shape index (κ3) is 6.31. The Morgan fingerprint density at radius 1 is 1.23 bits per heavy atom. The molecule has 0 radical (unpaired) electrons. The Kier molecular flexibility index (Phi) is 8.42. The summed E-state index contributed by atoms with van der Waals surface area (Å²) in [6, 6.07) is 8.86. The smallest absolute Gasteiger partial charge is 0.191 e. The first kappa shape index (κ1) is 20.7. The minimum absolute atomic E-state index is 0.327. The number of anilines is 1. The lowest BCUT2D eigenvalue weighted by atomic mass is 9.95. The summed E-state index contributed by atoms with van der Waals surface area (Å²) in [4.78, 5) is 6.84. The van der Waals surface area contributed by atoms with E-state index >= 15 is 0 Å². The Hall–Kier alpha value is -1.56. The quantitative estimate of drug-likeness (QED) is 0.566. The molecule has 6 heteroatoms. The molecule has 0 amide bonds. The van der Waals surface area contributed by atoms with Crippen molar-refractivity contribution in [2.24, 2.45) is 4.99 Å². The van der Waals surface area contributed by atoms with E-state index in [2.05, 4.69) is 46.7 Å². The zero-order valence-corrected chi connectivity index (χ0v) is 17.4. The van der Waals surface area contributed by atoms with Gasteiger partial charge in [-0.1, -0.05) is 25.5 Å². The lowest BCUT2D eigenvalue weighted by molar-refractivity contribution is 0.413. The highest BCUT2D eigenvalue weighted by Gasteiger charge is 2.25. The van der Waals surface area contributed by atoms with E-state index in [1.165, 1.54) is 11.3 Å². The average Bonchev–Trinajstić information content (AvgIpc) is 2.66. The molecule has 1 aliphatic rings. The van der Waals surface area contributed by atoms with Crippen molar-refractivity contribution in [3.63, 3.8) is 0 Å². The Morgan fingerprint density at radius 2 is 1.96 bits per heavy atom. The normalized spacial score (nSPS) is 21.9. The SMILES string of the molecule is CCNC(=NCc1ccc(N(C)C)cc1)NC1CCCC(S(=O)CC)C1. The molecule has 2 rings (SSSR count). The van der Waals surface area contributed by atoms with Crippen molar-refractivity contribution in [2.75, 3.05) is 31.3 Å². The number of aliphatic imine (C=N–C) groups is 1. The summed E-state index contributed by atoms with van der Waals surface area (Å²) in [5, 5.41) is 7.23.